The summed E-state index contributed by atoms with van der Waals surface area (Å²) in [6, 6.07) is -0.192. The highest BCUT2D eigenvalue weighted by atomic mass is 32.1. The van der Waals surface area contributed by atoms with Crippen LogP contribution in [0.5, 0.6) is 0 Å². The Labute approximate surface area is 109 Å². The first-order chi connectivity index (χ1) is 8.26. The molecule has 8 heteroatoms. The van der Waals surface area contributed by atoms with Crippen LogP contribution < -0.4 is 11.1 Å². The van der Waals surface area contributed by atoms with Gasteiger partial charge >= 0.3 is 6.18 Å². The third-order valence-corrected chi connectivity index (χ3v) is 2.82. The van der Waals surface area contributed by atoms with Crippen LogP contribution in [0.1, 0.15) is 19.3 Å². The fraction of sp³-hybridized carbons (Fsp3) is 0.800. The number of alkyl halides is 3. The molecule has 104 valence electrons. The summed E-state index contributed by atoms with van der Waals surface area (Å²) in [6.45, 7) is 1.86. The first-order valence-corrected chi connectivity index (χ1v) is 6.04. The number of nitrogens with zero attached hydrogens (tertiary/aromatic N) is 1. The molecule has 0 bridgehead atoms. The van der Waals surface area contributed by atoms with Crippen LogP contribution in [0.2, 0.25) is 0 Å². The molecule has 0 aromatic rings. The number of hydrogen-bond acceptors (Lipinski definition) is 3. The Balaban J connectivity index is 2.27. The molecule has 1 aliphatic heterocycles. The van der Waals surface area contributed by atoms with Crippen molar-refractivity contribution in [1.82, 2.24) is 10.2 Å². The Kier molecular flexibility index (Phi) is 5.33. The van der Waals surface area contributed by atoms with E-state index in [-0.39, 0.29) is 6.04 Å². The van der Waals surface area contributed by atoms with E-state index in [0.717, 1.165) is 0 Å². The van der Waals surface area contributed by atoms with Gasteiger partial charge in [-0.2, -0.15) is 13.2 Å². The second-order valence-corrected chi connectivity index (χ2v) is 4.90. The Morgan fingerprint density at radius 2 is 1.94 bits per heavy atom. The SMILES string of the molecule is NC(=S)CN1CCC(NC(=O)CC(F)(F)F)CC1. The van der Waals surface area contributed by atoms with E-state index in [2.05, 4.69) is 5.32 Å². The summed E-state index contributed by atoms with van der Waals surface area (Å²) >= 11 is 4.78. The highest BCUT2D eigenvalue weighted by Crippen LogP contribution is 2.19. The minimum absolute atomic E-state index is 0.192. The van der Waals surface area contributed by atoms with Crippen LogP contribution in [0.4, 0.5) is 13.2 Å². The lowest BCUT2D eigenvalue weighted by molar-refractivity contribution is -0.154. The average molecular weight is 283 g/mol. The van der Waals surface area contributed by atoms with Crippen molar-refractivity contribution in [3.05, 3.63) is 0 Å². The van der Waals surface area contributed by atoms with E-state index in [1.165, 1.54) is 0 Å². The molecule has 0 aliphatic carbocycles. The van der Waals surface area contributed by atoms with Gasteiger partial charge in [-0.15, -0.1) is 0 Å². The summed E-state index contributed by atoms with van der Waals surface area (Å²) < 4.78 is 35.9. The van der Waals surface area contributed by atoms with E-state index in [1.54, 1.807) is 0 Å². The molecule has 1 aliphatic rings. The molecular weight excluding hydrogens is 267 g/mol. The number of halogens is 3. The van der Waals surface area contributed by atoms with Crippen molar-refractivity contribution in [2.45, 2.75) is 31.5 Å². The highest BCUT2D eigenvalue weighted by Gasteiger charge is 2.32. The van der Waals surface area contributed by atoms with Crippen LogP contribution in [-0.4, -0.2) is 47.6 Å². The second kappa shape index (κ2) is 6.33. The van der Waals surface area contributed by atoms with Crippen LogP contribution in [0.25, 0.3) is 0 Å². The van der Waals surface area contributed by atoms with Crippen LogP contribution in [0, 0.1) is 0 Å². The molecule has 1 saturated heterocycles. The van der Waals surface area contributed by atoms with Gasteiger partial charge in [0.1, 0.15) is 6.42 Å². The number of likely N-dealkylation sites (tertiary alicyclic amines) is 1. The third kappa shape index (κ3) is 6.15. The van der Waals surface area contributed by atoms with Gasteiger partial charge in [0.05, 0.1) is 4.99 Å². The van der Waals surface area contributed by atoms with Gasteiger partial charge in [0, 0.05) is 25.7 Å². The molecule has 1 heterocycles. The zero-order valence-electron chi connectivity index (χ0n) is 9.79. The monoisotopic (exact) mass is 283 g/mol. The van der Waals surface area contributed by atoms with E-state index in [4.69, 9.17) is 18.0 Å². The number of amides is 1. The van der Waals surface area contributed by atoms with Crippen LogP contribution in [0.3, 0.4) is 0 Å². The normalized spacial score (nSPS) is 18.6. The molecule has 4 nitrogen and oxygen atoms in total. The first kappa shape index (κ1) is 15.2. The molecule has 0 atom stereocenters. The number of carbonyl (C=O) groups excluding carboxylic acids is 1. The molecule has 0 aromatic carbocycles. The van der Waals surface area contributed by atoms with Gasteiger partial charge in [0.2, 0.25) is 5.91 Å². The Bertz CT molecular complexity index is 314. The van der Waals surface area contributed by atoms with Crippen molar-refractivity contribution in [2.75, 3.05) is 19.6 Å². The minimum Gasteiger partial charge on any atom is -0.392 e. The maximum absolute atomic E-state index is 12.0. The Morgan fingerprint density at radius 3 is 2.39 bits per heavy atom. The van der Waals surface area contributed by atoms with Crippen molar-refractivity contribution in [3.63, 3.8) is 0 Å². The van der Waals surface area contributed by atoms with Crippen molar-refractivity contribution < 1.29 is 18.0 Å². The topological polar surface area (TPSA) is 58.4 Å². The van der Waals surface area contributed by atoms with Gasteiger partial charge in [-0.05, 0) is 12.8 Å². The lowest BCUT2D eigenvalue weighted by Gasteiger charge is -2.32. The number of carbonyl (C=O) groups is 1. The standard InChI is InChI=1S/C10H16F3N3OS/c11-10(12,13)5-9(17)15-7-1-3-16(4-2-7)6-8(14)18/h7H,1-6H2,(H2,14,18)(H,15,17). The number of piperidine rings is 1. The summed E-state index contributed by atoms with van der Waals surface area (Å²) in [4.78, 5) is 13.5. The molecule has 0 unspecified atom stereocenters. The van der Waals surface area contributed by atoms with Crippen LogP contribution in [-0.2, 0) is 4.79 Å². The van der Waals surface area contributed by atoms with E-state index < -0.39 is 18.5 Å². The lowest BCUT2D eigenvalue weighted by atomic mass is 10.0. The lowest BCUT2D eigenvalue weighted by Crippen LogP contribution is -2.47. The van der Waals surface area contributed by atoms with Crippen LogP contribution in [0.15, 0.2) is 0 Å². The smallest absolute Gasteiger partial charge is 0.392 e. The largest absolute Gasteiger partial charge is 0.397 e. The average Bonchev–Trinajstić information content (AvgIpc) is 2.17. The fourth-order valence-corrected chi connectivity index (χ4v) is 2.10. The van der Waals surface area contributed by atoms with Gasteiger partial charge < -0.3 is 11.1 Å². The van der Waals surface area contributed by atoms with Crippen molar-refractivity contribution in [2.24, 2.45) is 5.73 Å². The van der Waals surface area contributed by atoms with E-state index in [0.29, 0.717) is 37.5 Å². The predicted molar refractivity (Wildman–Crippen MR) is 65.1 cm³/mol. The first-order valence-electron chi connectivity index (χ1n) is 5.63. The quantitative estimate of drug-likeness (QED) is 0.750. The van der Waals surface area contributed by atoms with Crippen LogP contribution >= 0.6 is 12.2 Å². The van der Waals surface area contributed by atoms with Gasteiger partial charge in [0.15, 0.2) is 0 Å². The number of thiocarbonyl (C=S) groups is 1. The highest BCUT2D eigenvalue weighted by molar-refractivity contribution is 7.80. The molecule has 0 aromatic heterocycles. The van der Waals surface area contributed by atoms with Gasteiger partial charge in [-0.25, -0.2) is 0 Å². The molecule has 0 spiro atoms. The summed E-state index contributed by atoms with van der Waals surface area (Å²) in [5, 5.41) is 2.40. The Hall–Kier alpha value is -0.890. The van der Waals surface area contributed by atoms with E-state index in [9.17, 15) is 18.0 Å². The van der Waals surface area contributed by atoms with Crippen molar-refractivity contribution in [3.8, 4) is 0 Å². The zero-order valence-corrected chi connectivity index (χ0v) is 10.6. The number of nitrogens with one attached hydrogen (secondary N) is 1. The third-order valence-electron chi connectivity index (χ3n) is 2.69. The van der Waals surface area contributed by atoms with Gasteiger partial charge in [-0.3, -0.25) is 9.69 Å². The Morgan fingerprint density at radius 1 is 1.39 bits per heavy atom. The maximum Gasteiger partial charge on any atom is 0.397 e. The number of hydrogen-bond donors (Lipinski definition) is 2. The molecule has 1 amide bonds. The summed E-state index contributed by atoms with van der Waals surface area (Å²) in [5.74, 6) is -0.963. The van der Waals surface area contributed by atoms with Gasteiger partial charge in [0.25, 0.3) is 0 Å². The zero-order chi connectivity index (χ0) is 13.8. The summed E-state index contributed by atoms with van der Waals surface area (Å²) in [7, 11) is 0. The van der Waals surface area contributed by atoms with Gasteiger partial charge in [-0.1, -0.05) is 12.2 Å². The maximum atomic E-state index is 12.0. The second-order valence-electron chi connectivity index (χ2n) is 4.38. The molecule has 1 rings (SSSR count). The molecule has 3 N–H and O–H groups in total. The van der Waals surface area contributed by atoms with Crippen molar-refractivity contribution in [1.29, 1.82) is 0 Å². The number of nitrogens with two attached hydrogens (primary N) is 1. The summed E-state index contributed by atoms with van der Waals surface area (Å²) in [6.07, 6.45) is -4.63. The summed E-state index contributed by atoms with van der Waals surface area (Å²) in [5.41, 5.74) is 5.40. The van der Waals surface area contributed by atoms with E-state index >= 15 is 0 Å². The fourth-order valence-electron chi connectivity index (χ4n) is 1.92. The predicted octanol–water partition coefficient (Wildman–Crippen LogP) is 0.805. The molecule has 18 heavy (non-hydrogen) atoms. The van der Waals surface area contributed by atoms with Crippen molar-refractivity contribution >= 4 is 23.1 Å². The number of rotatable bonds is 4. The molecule has 0 saturated carbocycles. The van der Waals surface area contributed by atoms with E-state index in [1.807, 2.05) is 4.90 Å². The molecule has 0 radical (unpaired) electrons. The molecular formula is C10H16F3N3OS. The minimum atomic E-state index is -4.45. The molecule has 1 fully saturated rings.